The summed E-state index contributed by atoms with van der Waals surface area (Å²) >= 11 is 6.09. The van der Waals surface area contributed by atoms with E-state index in [4.69, 9.17) is 16.3 Å². The maximum atomic E-state index is 12.9. The van der Waals surface area contributed by atoms with E-state index in [1.807, 2.05) is 0 Å². The number of hydrogen-bond donors (Lipinski definition) is 1. The maximum absolute atomic E-state index is 12.9. The lowest BCUT2D eigenvalue weighted by atomic mass is 10.2. The number of ether oxygens (including phenoxy) is 1. The van der Waals surface area contributed by atoms with Crippen LogP contribution in [0.4, 0.5) is 24.5 Å². The fraction of sp³-hybridized carbons (Fsp3) is 0.238. The SMILES string of the molecule is Cc1nn(CCC(=O)Nc2cc(Oc3cccc(C(F)(F)F)c3)cc([N+](=O)[O-])c2)c(C)c1Cl. The third-order valence-corrected chi connectivity index (χ3v) is 5.17. The molecule has 0 spiro atoms. The van der Waals surface area contributed by atoms with Gasteiger partial charge in [-0.1, -0.05) is 17.7 Å². The van der Waals surface area contributed by atoms with E-state index in [0.717, 1.165) is 30.3 Å². The molecule has 0 fully saturated rings. The number of aromatic nitrogens is 2. The molecule has 0 aliphatic rings. The molecule has 1 heterocycles. The van der Waals surface area contributed by atoms with E-state index in [9.17, 15) is 28.1 Å². The van der Waals surface area contributed by atoms with Gasteiger partial charge in [0.2, 0.25) is 5.91 Å². The van der Waals surface area contributed by atoms with Crippen LogP contribution in [0.3, 0.4) is 0 Å². The van der Waals surface area contributed by atoms with Gasteiger partial charge in [0.05, 0.1) is 45.2 Å². The Morgan fingerprint density at radius 1 is 1.21 bits per heavy atom. The molecule has 0 saturated heterocycles. The van der Waals surface area contributed by atoms with Gasteiger partial charge < -0.3 is 10.1 Å². The second-order valence-electron chi connectivity index (χ2n) is 7.11. The molecule has 3 aromatic rings. The van der Waals surface area contributed by atoms with Crippen LogP contribution in [-0.4, -0.2) is 20.6 Å². The first-order valence-electron chi connectivity index (χ1n) is 9.58. The molecule has 2 aromatic carbocycles. The third-order valence-electron chi connectivity index (χ3n) is 4.63. The fourth-order valence-corrected chi connectivity index (χ4v) is 3.15. The number of rotatable bonds is 7. The Hall–Kier alpha value is -3.60. The summed E-state index contributed by atoms with van der Waals surface area (Å²) in [6.45, 7) is 3.73. The molecule has 33 heavy (non-hydrogen) atoms. The zero-order valence-electron chi connectivity index (χ0n) is 17.4. The number of amides is 1. The van der Waals surface area contributed by atoms with Crippen LogP contribution in [-0.2, 0) is 17.5 Å². The molecule has 8 nitrogen and oxygen atoms in total. The van der Waals surface area contributed by atoms with Gasteiger partial charge in [0.25, 0.3) is 5.69 Å². The van der Waals surface area contributed by atoms with Crippen LogP contribution in [0.5, 0.6) is 11.5 Å². The number of carbonyl (C=O) groups excluding carboxylic acids is 1. The van der Waals surface area contributed by atoms with E-state index in [-0.39, 0.29) is 30.2 Å². The number of non-ortho nitro benzene ring substituents is 1. The molecule has 0 atom stereocenters. The molecular weight excluding hydrogens is 465 g/mol. The predicted molar refractivity (Wildman–Crippen MR) is 115 cm³/mol. The molecule has 0 unspecified atom stereocenters. The van der Waals surface area contributed by atoms with Crippen LogP contribution in [0, 0.1) is 24.0 Å². The number of nitrogens with one attached hydrogen (secondary N) is 1. The summed E-state index contributed by atoms with van der Waals surface area (Å²) in [6.07, 6.45) is -4.57. The molecule has 12 heteroatoms. The van der Waals surface area contributed by atoms with Crippen molar-refractivity contribution in [3.8, 4) is 11.5 Å². The minimum Gasteiger partial charge on any atom is -0.457 e. The predicted octanol–water partition coefficient (Wildman–Crippen LogP) is 5.90. The zero-order valence-corrected chi connectivity index (χ0v) is 18.2. The lowest BCUT2D eigenvalue weighted by Crippen LogP contribution is -2.15. The van der Waals surface area contributed by atoms with Gasteiger partial charge in [-0.3, -0.25) is 19.6 Å². The van der Waals surface area contributed by atoms with Crippen molar-refractivity contribution in [3.05, 3.63) is 74.6 Å². The maximum Gasteiger partial charge on any atom is 0.416 e. The number of alkyl halides is 3. The lowest BCUT2D eigenvalue weighted by molar-refractivity contribution is -0.384. The molecule has 0 aliphatic carbocycles. The van der Waals surface area contributed by atoms with E-state index in [1.165, 1.54) is 12.1 Å². The summed E-state index contributed by atoms with van der Waals surface area (Å²) in [6, 6.07) is 7.55. The first-order valence-corrected chi connectivity index (χ1v) is 9.96. The van der Waals surface area contributed by atoms with Crippen LogP contribution in [0.25, 0.3) is 0 Å². The van der Waals surface area contributed by atoms with Crippen molar-refractivity contribution in [2.75, 3.05) is 5.32 Å². The third kappa shape index (κ3) is 6.01. The van der Waals surface area contributed by atoms with Crippen molar-refractivity contribution in [2.45, 2.75) is 33.0 Å². The quantitative estimate of drug-likeness (QED) is 0.334. The summed E-state index contributed by atoms with van der Waals surface area (Å²) in [5.41, 5.74) is 0.0598. The number of carbonyl (C=O) groups is 1. The molecule has 3 rings (SSSR count). The normalized spacial score (nSPS) is 11.3. The van der Waals surface area contributed by atoms with Gasteiger partial charge in [-0.2, -0.15) is 18.3 Å². The number of halogens is 4. The first kappa shape index (κ1) is 24.1. The Balaban J connectivity index is 1.76. The monoisotopic (exact) mass is 482 g/mol. The Labute approximate surface area is 191 Å². The highest BCUT2D eigenvalue weighted by molar-refractivity contribution is 6.31. The Morgan fingerprint density at radius 3 is 2.55 bits per heavy atom. The van der Waals surface area contributed by atoms with E-state index >= 15 is 0 Å². The van der Waals surface area contributed by atoms with Crippen molar-refractivity contribution in [1.82, 2.24) is 9.78 Å². The van der Waals surface area contributed by atoms with Crippen molar-refractivity contribution in [2.24, 2.45) is 0 Å². The second kappa shape index (κ2) is 9.49. The smallest absolute Gasteiger partial charge is 0.416 e. The Morgan fingerprint density at radius 2 is 1.94 bits per heavy atom. The van der Waals surface area contributed by atoms with Crippen LogP contribution in [0.15, 0.2) is 42.5 Å². The highest BCUT2D eigenvalue weighted by Crippen LogP contribution is 2.34. The number of nitrogens with zero attached hydrogens (tertiary/aromatic N) is 3. The number of nitro groups is 1. The van der Waals surface area contributed by atoms with Gasteiger partial charge in [-0.05, 0) is 32.0 Å². The van der Waals surface area contributed by atoms with Crippen LogP contribution in [0.1, 0.15) is 23.4 Å². The van der Waals surface area contributed by atoms with E-state index in [2.05, 4.69) is 10.4 Å². The minimum absolute atomic E-state index is 0.00476. The van der Waals surface area contributed by atoms with Crippen LogP contribution < -0.4 is 10.1 Å². The average Bonchev–Trinajstić information content (AvgIpc) is 2.98. The second-order valence-corrected chi connectivity index (χ2v) is 7.48. The number of anilines is 1. The van der Waals surface area contributed by atoms with Crippen molar-refractivity contribution >= 4 is 28.9 Å². The molecule has 174 valence electrons. The average molecular weight is 483 g/mol. The van der Waals surface area contributed by atoms with Crippen LogP contribution >= 0.6 is 11.6 Å². The van der Waals surface area contributed by atoms with Crippen molar-refractivity contribution < 1.29 is 27.6 Å². The minimum atomic E-state index is -4.57. The first-order chi connectivity index (χ1) is 15.4. The van der Waals surface area contributed by atoms with Gasteiger partial charge >= 0.3 is 6.18 Å². The molecule has 1 amide bonds. The van der Waals surface area contributed by atoms with Crippen molar-refractivity contribution in [3.63, 3.8) is 0 Å². The van der Waals surface area contributed by atoms with Gasteiger partial charge in [-0.25, -0.2) is 0 Å². The number of hydrogen-bond acceptors (Lipinski definition) is 5. The van der Waals surface area contributed by atoms with Gasteiger partial charge in [0.1, 0.15) is 11.5 Å². The van der Waals surface area contributed by atoms with Crippen LogP contribution in [0.2, 0.25) is 5.02 Å². The number of aryl methyl sites for hydroxylation is 2. The van der Waals surface area contributed by atoms with E-state index < -0.39 is 28.3 Å². The fourth-order valence-electron chi connectivity index (χ4n) is 3.02. The lowest BCUT2D eigenvalue weighted by Gasteiger charge is -2.12. The largest absolute Gasteiger partial charge is 0.457 e. The van der Waals surface area contributed by atoms with Gasteiger partial charge in [0, 0.05) is 18.6 Å². The zero-order chi connectivity index (χ0) is 24.3. The number of benzene rings is 2. The molecule has 1 aromatic heterocycles. The highest BCUT2D eigenvalue weighted by atomic mass is 35.5. The van der Waals surface area contributed by atoms with Gasteiger partial charge in [-0.15, -0.1) is 0 Å². The molecule has 0 radical (unpaired) electrons. The van der Waals surface area contributed by atoms with E-state index in [1.54, 1.807) is 18.5 Å². The van der Waals surface area contributed by atoms with Crippen molar-refractivity contribution in [1.29, 1.82) is 0 Å². The summed E-state index contributed by atoms with van der Waals surface area (Å²) < 4.78 is 45.7. The summed E-state index contributed by atoms with van der Waals surface area (Å²) in [7, 11) is 0. The van der Waals surface area contributed by atoms with Gasteiger partial charge in [0.15, 0.2) is 0 Å². The molecular formula is C21H18ClF3N4O4. The Kier molecular flexibility index (Phi) is 6.92. The molecule has 0 bridgehead atoms. The molecule has 0 saturated carbocycles. The molecule has 0 aliphatic heterocycles. The Bertz CT molecular complexity index is 1210. The van der Waals surface area contributed by atoms with E-state index in [0.29, 0.717) is 16.4 Å². The summed E-state index contributed by atoms with van der Waals surface area (Å²) in [5.74, 6) is -0.725. The summed E-state index contributed by atoms with van der Waals surface area (Å²) in [5, 5.41) is 18.5. The number of nitro benzene ring substituents is 1. The standard InChI is InChI=1S/C21H18ClF3N4O4/c1-12-20(22)13(2)28(27-12)7-6-19(30)26-15-9-16(29(31)32)11-18(10-15)33-17-5-3-4-14(8-17)21(23,24)25/h3-5,8-11H,6-7H2,1-2H3,(H,26,30). The topological polar surface area (TPSA) is 99.3 Å². The summed E-state index contributed by atoms with van der Waals surface area (Å²) in [4.78, 5) is 22.9. The molecule has 1 N–H and O–H groups in total. The highest BCUT2D eigenvalue weighted by Gasteiger charge is 2.30.